The minimum Gasteiger partial charge on any atom is -0.438 e. The second-order valence-corrected chi connectivity index (χ2v) is 6.73. The van der Waals surface area contributed by atoms with E-state index < -0.39 is 6.04 Å². The first-order chi connectivity index (χ1) is 12.3. The van der Waals surface area contributed by atoms with Gasteiger partial charge in [-0.15, -0.1) is 0 Å². The van der Waals surface area contributed by atoms with Crippen molar-refractivity contribution >= 4 is 23.4 Å². The number of nitrogens with zero attached hydrogens (tertiary/aromatic N) is 1. The molecule has 0 aliphatic heterocycles. The third-order valence-electron chi connectivity index (χ3n) is 3.83. The predicted octanol–water partition coefficient (Wildman–Crippen LogP) is 2.02. The molecular weight excluding hydrogens is 356 g/mol. The molecule has 4 N–H and O–H groups in total. The first-order valence-corrected chi connectivity index (χ1v) is 8.68. The average molecular weight is 379 g/mol. The number of rotatable bonds is 7. The van der Waals surface area contributed by atoms with Crippen molar-refractivity contribution in [2.45, 2.75) is 33.4 Å². The van der Waals surface area contributed by atoms with Gasteiger partial charge in [0.25, 0.3) is 0 Å². The summed E-state index contributed by atoms with van der Waals surface area (Å²) in [5.74, 6) is 0.304. The van der Waals surface area contributed by atoms with Crippen molar-refractivity contribution in [3.8, 4) is 11.3 Å². The molecule has 2 amide bonds. The molecule has 8 heteroatoms. The van der Waals surface area contributed by atoms with Crippen molar-refractivity contribution < 1.29 is 14.0 Å². The van der Waals surface area contributed by atoms with Gasteiger partial charge in [0, 0.05) is 10.6 Å². The molecule has 0 unspecified atom stereocenters. The Bertz CT molecular complexity index is 771. The van der Waals surface area contributed by atoms with E-state index in [1.54, 1.807) is 12.1 Å². The molecule has 7 nitrogen and oxygen atoms in total. The van der Waals surface area contributed by atoms with E-state index in [4.69, 9.17) is 21.8 Å². The molecule has 1 aromatic carbocycles. The first-order valence-electron chi connectivity index (χ1n) is 8.30. The fourth-order valence-corrected chi connectivity index (χ4v) is 2.35. The van der Waals surface area contributed by atoms with Crippen LogP contribution in [0.5, 0.6) is 0 Å². The normalized spacial score (nSPS) is 12.1. The standard InChI is InChI=1S/C18H23ClN4O3/c1-10(2)16(20)18(25)22-8-14(24)21-9-15-23-11(3)17(26-15)12-4-6-13(19)7-5-12/h4-7,10,16H,8-9,20H2,1-3H3,(H,21,24)(H,22,25)/t16-/m0/s1. The molecular formula is C18H23ClN4O3. The maximum atomic E-state index is 11.9. The lowest BCUT2D eigenvalue weighted by Crippen LogP contribution is -2.47. The van der Waals surface area contributed by atoms with E-state index in [0.717, 1.165) is 5.56 Å². The number of nitrogens with one attached hydrogen (secondary N) is 2. The van der Waals surface area contributed by atoms with Crippen molar-refractivity contribution in [3.63, 3.8) is 0 Å². The number of carbonyl (C=O) groups excluding carboxylic acids is 2. The Balaban J connectivity index is 1.88. The van der Waals surface area contributed by atoms with Crippen LogP contribution in [0, 0.1) is 12.8 Å². The van der Waals surface area contributed by atoms with Crippen LogP contribution in [-0.4, -0.2) is 29.4 Å². The zero-order valence-corrected chi connectivity index (χ0v) is 15.8. The summed E-state index contributed by atoms with van der Waals surface area (Å²) in [4.78, 5) is 27.9. The topological polar surface area (TPSA) is 110 Å². The largest absolute Gasteiger partial charge is 0.438 e. The summed E-state index contributed by atoms with van der Waals surface area (Å²) in [5, 5.41) is 5.80. The third kappa shape index (κ3) is 5.31. The van der Waals surface area contributed by atoms with E-state index in [1.807, 2.05) is 32.9 Å². The molecule has 0 aliphatic rings. The average Bonchev–Trinajstić information content (AvgIpc) is 2.98. The van der Waals surface area contributed by atoms with Gasteiger partial charge in [0.1, 0.15) is 0 Å². The maximum Gasteiger partial charge on any atom is 0.239 e. The lowest BCUT2D eigenvalue weighted by Gasteiger charge is -2.14. The zero-order chi connectivity index (χ0) is 19.3. The molecule has 1 heterocycles. The molecule has 0 aliphatic carbocycles. The molecule has 1 atom stereocenters. The van der Waals surface area contributed by atoms with E-state index in [9.17, 15) is 9.59 Å². The minimum atomic E-state index is -0.640. The van der Waals surface area contributed by atoms with Gasteiger partial charge in [-0.1, -0.05) is 25.4 Å². The van der Waals surface area contributed by atoms with Crippen molar-refractivity contribution in [1.29, 1.82) is 0 Å². The molecule has 0 saturated carbocycles. The molecule has 0 saturated heterocycles. The smallest absolute Gasteiger partial charge is 0.239 e. The number of carbonyl (C=O) groups is 2. The molecule has 1 aromatic heterocycles. The lowest BCUT2D eigenvalue weighted by molar-refractivity contribution is -0.127. The lowest BCUT2D eigenvalue weighted by atomic mass is 10.1. The fourth-order valence-electron chi connectivity index (χ4n) is 2.22. The van der Waals surface area contributed by atoms with Crippen LogP contribution in [0.25, 0.3) is 11.3 Å². The summed E-state index contributed by atoms with van der Waals surface area (Å²) in [7, 11) is 0. The molecule has 2 aromatic rings. The molecule has 26 heavy (non-hydrogen) atoms. The number of hydrogen-bond donors (Lipinski definition) is 3. The monoisotopic (exact) mass is 378 g/mol. The zero-order valence-electron chi connectivity index (χ0n) is 15.0. The summed E-state index contributed by atoms with van der Waals surface area (Å²) < 4.78 is 5.71. The van der Waals surface area contributed by atoms with Gasteiger partial charge in [-0.25, -0.2) is 4.98 Å². The van der Waals surface area contributed by atoms with Crippen LogP contribution in [-0.2, 0) is 16.1 Å². The predicted molar refractivity (Wildman–Crippen MR) is 99.4 cm³/mol. The van der Waals surface area contributed by atoms with Gasteiger partial charge in [-0.3, -0.25) is 9.59 Å². The number of benzene rings is 1. The Hall–Kier alpha value is -2.38. The van der Waals surface area contributed by atoms with Gasteiger partial charge in [-0.05, 0) is 37.1 Å². The number of oxazole rings is 1. The minimum absolute atomic E-state index is 0.000330. The molecule has 140 valence electrons. The quantitative estimate of drug-likeness (QED) is 0.682. The highest BCUT2D eigenvalue weighted by atomic mass is 35.5. The summed E-state index contributed by atoms with van der Waals surface area (Å²) in [6.07, 6.45) is 0. The number of aryl methyl sites for hydroxylation is 1. The maximum absolute atomic E-state index is 11.9. The Morgan fingerprint density at radius 3 is 2.50 bits per heavy atom. The molecule has 2 rings (SSSR count). The molecule has 0 radical (unpaired) electrons. The van der Waals surface area contributed by atoms with Crippen LogP contribution >= 0.6 is 11.6 Å². The number of aromatic nitrogens is 1. The number of halogens is 1. The number of amides is 2. The van der Waals surface area contributed by atoms with Crippen molar-refractivity contribution in [2.24, 2.45) is 11.7 Å². The van der Waals surface area contributed by atoms with Crippen LogP contribution in [0.15, 0.2) is 28.7 Å². The van der Waals surface area contributed by atoms with Crippen molar-refractivity contribution in [1.82, 2.24) is 15.6 Å². The van der Waals surface area contributed by atoms with E-state index in [1.165, 1.54) is 0 Å². The van der Waals surface area contributed by atoms with Gasteiger partial charge >= 0.3 is 0 Å². The van der Waals surface area contributed by atoms with Crippen LogP contribution in [0.2, 0.25) is 5.02 Å². The Kier molecular flexibility index (Phi) is 6.76. The Morgan fingerprint density at radius 2 is 1.88 bits per heavy atom. The van der Waals surface area contributed by atoms with Gasteiger partial charge in [0.05, 0.1) is 24.8 Å². The SMILES string of the molecule is Cc1nc(CNC(=O)CNC(=O)[C@@H](N)C(C)C)oc1-c1ccc(Cl)cc1. The van der Waals surface area contributed by atoms with E-state index in [0.29, 0.717) is 22.4 Å². The second-order valence-electron chi connectivity index (χ2n) is 6.29. The Labute approximate surface area is 157 Å². The van der Waals surface area contributed by atoms with Gasteiger partial charge in [0.15, 0.2) is 5.76 Å². The van der Waals surface area contributed by atoms with Gasteiger partial charge < -0.3 is 20.8 Å². The van der Waals surface area contributed by atoms with Gasteiger partial charge in [0.2, 0.25) is 17.7 Å². The third-order valence-corrected chi connectivity index (χ3v) is 4.08. The second kappa shape index (κ2) is 8.82. The molecule has 0 bridgehead atoms. The first kappa shape index (κ1) is 19.9. The van der Waals surface area contributed by atoms with Gasteiger partial charge in [-0.2, -0.15) is 0 Å². The van der Waals surface area contributed by atoms with Crippen LogP contribution in [0.1, 0.15) is 25.4 Å². The number of hydrogen-bond acceptors (Lipinski definition) is 5. The molecule has 0 spiro atoms. The van der Waals surface area contributed by atoms with E-state index in [2.05, 4.69) is 15.6 Å². The summed E-state index contributed by atoms with van der Waals surface area (Å²) >= 11 is 5.89. The highest BCUT2D eigenvalue weighted by Crippen LogP contribution is 2.25. The van der Waals surface area contributed by atoms with Crippen LogP contribution < -0.4 is 16.4 Å². The van der Waals surface area contributed by atoms with E-state index >= 15 is 0 Å². The van der Waals surface area contributed by atoms with Crippen LogP contribution in [0.4, 0.5) is 0 Å². The highest BCUT2D eigenvalue weighted by molar-refractivity contribution is 6.30. The number of nitrogens with two attached hydrogens (primary N) is 1. The van der Waals surface area contributed by atoms with E-state index in [-0.39, 0.29) is 30.8 Å². The van der Waals surface area contributed by atoms with Crippen molar-refractivity contribution in [3.05, 3.63) is 40.9 Å². The van der Waals surface area contributed by atoms with Crippen molar-refractivity contribution in [2.75, 3.05) is 6.54 Å². The summed E-state index contributed by atoms with van der Waals surface area (Å²) in [5.41, 5.74) is 7.29. The summed E-state index contributed by atoms with van der Waals surface area (Å²) in [6, 6.07) is 6.58. The fraction of sp³-hybridized carbons (Fsp3) is 0.389. The molecule has 0 fully saturated rings. The highest BCUT2D eigenvalue weighted by Gasteiger charge is 2.18. The van der Waals surface area contributed by atoms with Crippen LogP contribution in [0.3, 0.4) is 0 Å². The summed E-state index contributed by atoms with van der Waals surface area (Å²) in [6.45, 7) is 5.48. The Morgan fingerprint density at radius 1 is 1.23 bits per heavy atom.